The van der Waals surface area contributed by atoms with Crippen LogP contribution in [0.2, 0.25) is 0 Å². The standard InChI is InChI=1S/C23H19F2N5O/c1-28-11-16(9-26-28)20-14-29(12-15-4-2-3-5-19(15)20)23(31)17-10-27-30(13-17)22-7-6-18(24)8-21(22)25/h2-11,13,20H,12,14H2,1H3. The third-order valence-electron chi connectivity index (χ3n) is 5.60. The summed E-state index contributed by atoms with van der Waals surface area (Å²) in [5, 5.41) is 8.39. The van der Waals surface area contributed by atoms with E-state index in [2.05, 4.69) is 16.3 Å². The lowest BCUT2D eigenvalue weighted by atomic mass is 9.86. The number of aryl methyl sites for hydroxylation is 1. The largest absolute Gasteiger partial charge is 0.333 e. The Kier molecular flexibility index (Phi) is 4.62. The van der Waals surface area contributed by atoms with Crippen LogP contribution in [0.25, 0.3) is 5.69 Å². The summed E-state index contributed by atoms with van der Waals surface area (Å²) < 4.78 is 30.3. The molecule has 1 amide bonds. The first-order valence-electron chi connectivity index (χ1n) is 9.85. The fourth-order valence-electron chi connectivity index (χ4n) is 4.08. The summed E-state index contributed by atoms with van der Waals surface area (Å²) in [6.45, 7) is 0.972. The van der Waals surface area contributed by atoms with Gasteiger partial charge in [-0.2, -0.15) is 10.2 Å². The van der Waals surface area contributed by atoms with E-state index < -0.39 is 11.6 Å². The molecule has 3 heterocycles. The van der Waals surface area contributed by atoms with E-state index in [-0.39, 0.29) is 17.5 Å². The van der Waals surface area contributed by atoms with E-state index in [1.54, 1.807) is 9.58 Å². The summed E-state index contributed by atoms with van der Waals surface area (Å²) in [5.74, 6) is -1.60. The maximum atomic E-state index is 14.1. The molecule has 1 unspecified atom stereocenters. The van der Waals surface area contributed by atoms with Gasteiger partial charge in [0.1, 0.15) is 11.5 Å². The highest BCUT2D eigenvalue weighted by atomic mass is 19.1. The van der Waals surface area contributed by atoms with Crippen molar-refractivity contribution in [2.75, 3.05) is 6.54 Å². The molecule has 1 aliphatic heterocycles. The number of fused-ring (bicyclic) bond motifs is 1. The second-order valence-electron chi connectivity index (χ2n) is 7.65. The van der Waals surface area contributed by atoms with Crippen LogP contribution in [-0.4, -0.2) is 36.9 Å². The van der Waals surface area contributed by atoms with Gasteiger partial charge in [0.05, 0.1) is 18.0 Å². The van der Waals surface area contributed by atoms with Gasteiger partial charge in [-0.1, -0.05) is 24.3 Å². The Hall–Kier alpha value is -3.81. The molecule has 156 valence electrons. The van der Waals surface area contributed by atoms with Crippen LogP contribution in [0, 0.1) is 11.6 Å². The van der Waals surface area contributed by atoms with Gasteiger partial charge in [-0.3, -0.25) is 9.48 Å². The molecule has 6 nitrogen and oxygen atoms in total. The Morgan fingerprint density at radius 2 is 1.90 bits per heavy atom. The third kappa shape index (κ3) is 3.50. The number of aromatic nitrogens is 4. The molecule has 1 atom stereocenters. The van der Waals surface area contributed by atoms with Crippen molar-refractivity contribution in [1.82, 2.24) is 24.5 Å². The second kappa shape index (κ2) is 7.46. The molecule has 2 aromatic carbocycles. The van der Waals surface area contributed by atoms with E-state index in [1.165, 1.54) is 28.7 Å². The van der Waals surface area contributed by atoms with Crippen molar-refractivity contribution >= 4 is 5.91 Å². The number of hydrogen-bond acceptors (Lipinski definition) is 3. The van der Waals surface area contributed by atoms with Gasteiger partial charge in [-0.15, -0.1) is 0 Å². The smallest absolute Gasteiger partial charge is 0.257 e. The minimum Gasteiger partial charge on any atom is -0.333 e. The number of carbonyl (C=O) groups is 1. The summed E-state index contributed by atoms with van der Waals surface area (Å²) in [6.07, 6.45) is 6.67. The van der Waals surface area contributed by atoms with E-state index in [0.717, 1.165) is 23.3 Å². The topological polar surface area (TPSA) is 56.0 Å². The van der Waals surface area contributed by atoms with Crippen molar-refractivity contribution in [3.05, 3.63) is 101 Å². The first-order chi connectivity index (χ1) is 15.0. The summed E-state index contributed by atoms with van der Waals surface area (Å²) >= 11 is 0. The Labute approximate surface area is 177 Å². The number of hydrogen-bond donors (Lipinski definition) is 0. The van der Waals surface area contributed by atoms with Crippen molar-refractivity contribution in [1.29, 1.82) is 0 Å². The van der Waals surface area contributed by atoms with E-state index in [1.807, 2.05) is 37.6 Å². The molecule has 31 heavy (non-hydrogen) atoms. The monoisotopic (exact) mass is 419 g/mol. The van der Waals surface area contributed by atoms with E-state index >= 15 is 0 Å². The lowest BCUT2D eigenvalue weighted by molar-refractivity contribution is 0.0725. The molecule has 0 radical (unpaired) electrons. The predicted octanol–water partition coefficient (Wildman–Crippen LogP) is 3.67. The number of benzene rings is 2. The average Bonchev–Trinajstić information content (AvgIpc) is 3.42. The first-order valence-corrected chi connectivity index (χ1v) is 9.85. The molecule has 0 fully saturated rings. The van der Waals surface area contributed by atoms with Crippen LogP contribution in [0.1, 0.15) is 33.0 Å². The molecule has 1 aliphatic rings. The summed E-state index contributed by atoms with van der Waals surface area (Å²) in [5.41, 5.74) is 3.72. The second-order valence-corrected chi connectivity index (χ2v) is 7.65. The molecule has 5 rings (SSSR count). The SMILES string of the molecule is Cn1cc(C2CN(C(=O)c3cnn(-c4ccc(F)cc4F)c3)Cc3ccccc32)cn1. The van der Waals surface area contributed by atoms with Crippen molar-refractivity contribution in [2.45, 2.75) is 12.5 Å². The van der Waals surface area contributed by atoms with Crippen LogP contribution < -0.4 is 0 Å². The quantitative estimate of drug-likeness (QED) is 0.509. The molecule has 4 aromatic rings. The number of halogens is 2. The zero-order valence-corrected chi connectivity index (χ0v) is 16.7. The Morgan fingerprint density at radius 1 is 1.06 bits per heavy atom. The van der Waals surface area contributed by atoms with Crippen LogP contribution in [0.3, 0.4) is 0 Å². The maximum absolute atomic E-state index is 14.1. The van der Waals surface area contributed by atoms with E-state index in [4.69, 9.17) is 0 Å². The maximum Gasteiger partial charge on any atom is 0.257 e. The molecule has 0 saturated carbocycles. The van der Waals surface area contributed by atoms with Crippen molar-refractivity contribution in [2.24, 2.45) is 7.05 Å². The van der Waals surface area contributed by atoms with Crippen LogP contribution in [0.15, 0.2) is 67.3 Å². The van der Waals surface area contributed by atoms with E-state index in [9.17, 15) is 13.6 Å². The molecule has 0 N–H and O–H groups in total. The Balaban J connectivity index is 1.45. The summed E-state index contributed by atoms with van der Waals surface area (Å²) in [6, 6.07) is 11.3. The minimum atomic E-state index is -0.745. The zero-order chi connectivity index (χ0) is 21.5. The van der Waals surface area contributed by atoms with Crippen molar-refractivity contribution in [3.63, 3.8) is 0 Å². The van der Waals surface area contributed by atoms with Crippen molar-refractivity contribution < 1.29 is 13.6 Å². The fourth-order valence-corrected chi connectivity index (χ4v) is 4.08. The normalized spacial score (nSPS) is 15.7. The van der Waals surface area contributed by atoms with Gasteiger partial charge in [0, 0.05) is 44.5 Å². The van der Waals surface area contributed by atoms with Crippen LogP contribution >= 0.6 is 0 Å². The number of amides is 1. The van der Waals surface area contributed by atoms with Gasteiger partial charge in [-0.05, 0) is 28.8 Å². The third-order valence-corrected chi connectivity index (χ3v) is 5.60. The molecular weight excluding hydrogens is 400 g/mol. The predicted molar refractivity (Wildman–Crippen MR) is 110 cm³/mol. The molecule has 0 aliphatic carbocycles. The van der Waals surface area contributed by atoms with Gasteiger partial charge in [0.15, 0.2) is 5.82 Å². The van der Waals surface area contributed by atoms with Crippen molar-refractivity contribution in [3.8, 4) is 5.69 Å². The highest BCUT2D eigenvalue weighted by Gasteiger charge is 2.30. The molecule has 0 saturated heterocycles. The number of rotatable bonds is 3. The summed E-state index contributed by atoms with van der Waals surface area (Å²) in [4.78, 5) is 15.0. The average molecular weight is 419 g/mol. The Morgan fingerprint density at radius 3 is 2.68 bits per heavy atom. The molecule has 0 bridgehead atoms. The van der Waals surface area contributed by atoms with Gasteiger partial charge < -0.3 is 4.90 Å². The number of nitrogens with zero attached hydrogens (tertiary/aromatic N) is 5. The lowest BCUT2D eigenvalue weighted by Gasteiger charge is -2.34. The Bertz CT molecular complexity index is 1280. The highest BCUT2D eigenvalue weighted by Crippen LogP contribution is 2.34. The van der Waals surface area contributed by atoms with Crippen LogP contribution in [0.5, 0.6) is 0 Å². The molecule has 0 spiro atoms. The lowest BCUT2D eigenvalue weighted by Crippen LogP contribution is -2.38. The van der Waals surface area contributed by atoms with Gasteiger partial charge in [0.2, 0.25) is 0 Å². The highest BCUT2D eigenvalue weighted by molar-refractivity contribution is 5.94. The summed E-state index contributed by atoms with van der Waals surface area (Å²) in [7, 11) is 1.87. The van der Waals surface area contributed by atoms with Gasteiger partial charge >= 0.3 is 0 Å². The fraction of sp³-hybridized carbons (Fsp3) is 0.174. The minimum absolute atomic E-state index is 0.00666. The zero-order valence-electron chi connectivity index (χ0n) is 16.7. The molecule has 2 aromatic heterocycles. The van der Waals surface area contributed by atoms with Gasteiger partial charge in [0.25, 0.3) is 5.91 Å². The first kappa shape index (κ1) is 19.2. The van der Waals surface area contributed by atoms with Crippen LogP contribution in [-0.2, 0) is 13.6 Å². The van der Waals surface area contributed by atoms with E-state index in [0.29, 0.717) is 18.7 Å². The van der Waals surface area contributed by atoms with Gasteiger partial charge in [-0.25, -0.2) is 13.5 Å². The number of carbonyl (C=O) groups excluding carboxylic acids is 1. The van der Waals surface area contributed by atoms with Crippen LogP contribution in [0.4, 0.5) is 8.78 Å². The molecular formula is C23H19F2N5O. The molecule has 8 heteroatoms.